The quantitative estimate of drug-likeness (QED) is 0.463. The predicted octanol–water partition coefficient (Wildman–Crippen LogP) is 4.38. The van der Waals surface area contributed by atoms with Gasteiger partial charge in [0.25, 0.3) is 5.91 Å². The number of benzene rings is 2. The average Bonchev–Trinajstić information content (AvgIpc) is 3.12. The van der Waals surface area contributed by atoms with Gasteiger partial charge in [-0.25, -0.2) is 9.79 Å². The van der Waals surface area contributed by atoms with Crippen LogP contribution < -0.4 is 14.4 Å². The minimum Gasteiger partial charge on any atom is -0.490 e. The molecule has 0 aliphatic carbocycles. The third-order valence-electron chi connectivity index (χ3n) is 5.42. The number of thioether (sulfide) groups is 1. The number of hydrogen-bond donors (Lipinski definition) is 1. The van der Waals surface area contributed by atoms with E-state index in [0.29, 0.717) is 38.2 Å². The summed E-state index contributed by atoms with van der Waals surface area (Å²) in [7, 11) is 1.70. The first-order valence-corrected chi connectivity index (χ1v) is 13.0. The third kappa shape index (κ3) is 6.21. The number of carbonyl (C=O) groups is 2. The van der Waals surface area contributed by atoms with Crippen molar-refractivity contribution in [3.63, 3.8) is 0 Å². The molecule has 0 unspecified atom stereocenters. The van der Waals surface area contributed by atoms with Crippen molar-refractivity contribution in [2.45, 2.75) is 6.92 Å². The van der Waals surface area contributed by atoms with E-state index < -0.39 is 12.6 Å². The van der Waals surface area contributed by atoms with Gasteiger partial charge >= 0.3 is 5.97 Å². The van der Waals surface area contributed by atoms with Gasteiger partial charge in [-0.05, 0) is 82.7 Å². The number of aliphatic carboxylic acids is 1. The number of morpholine rings is 1. The van der Waals surface area contributed by atoms with Gasteiger partial charge in [-0.1, -0.05) is 0 Å². The number of hydrogen-bond acceptors (Lipinski definition) is 8. The zero-order valence-electron chi connectivity index (χ0n) is 19.9. The predicted molar refractivity (Wildman–Crippen MR) is 143 cm³/mol. The Morgan fingerprint density at radius 3 is 2.61 bits per heavy atom. The maximum absolute atomic E-state index is 12.9. The lowest BCUT2D eigenvalue weighted by Crippen LogP contribution is -2.36. The highest BCUT2D eigenvalue weighted by Gasteiger charge is 2.30. The molecule has 2 heterocycles. The van der Waals surface area contributed by atoms with E-state index in [1.807, 2.05) is 31.2 Å². The number of carboxylic acids is 1. The molecule has 2 aromatic carbocycles. The summed E-state index contributed by atoms with van der Waals surface area (Å²) in [6.45, 7) is 4.87. The van der Waals surface area contributed by atoms with E-state index in [2.05, 4.69) is 25.8 Å². The standard InChI is InChI=1S/C25H26BrN3O6S/c1-3-34-20-13-16(12-19(26)23(20)35-15-22(30)31)14-21-24(32)28(2)25(36-21)27-17-4-6-18(7-5-17)29-8-10-33-11-9-29/h4-7,12-14H,3,8-11,15H2,1-2H3,(H,30,31)/b21-14-,27-25?. The second-order valence-electron chi connectivity index (χ2n) is 7.93. The molecule has 2 saturated heterocycles. The van der Waals surface area contributed by atoms with Gasteiger partial charge in [-0.3, -0.25) is 9.69 Å². The molecule has 1 N–H and O–H groups in total. The summed E-state index contributed by atoms with van der Waals surface area (Å²) in [5, 5.41) is 9.51. The Kier molecular flexibility index (Phi) is 8.55. The van der Waals surface area contributed by atoms with Gasteiger partial charge < -0.3 is 24.2 Å². The van der Waals surface area contributed by atoms with Crippen molar-refractivity contribution in [3.8, 4) is 11.5 Å². The number of carbonyl (C=O) groups excluding carboxylic acids is 1. The van der Waals surface area contributed by atoms with Crippen molar-refractivity contribution < 1.29 is 28.9 Å². The number of anilines is 1. The monoisotopic (exact) mass is 575 g/mol. The number of amides is 1. The van der Waals surface area contributed by atoms with E-state index in [4.69, 9.17) is 19.3 Å². The Morgan fingerprint density at radius 2 is 1.94 bits per heavy atom. The minimum absolute atomic E-state index is 0.163. The highest BCUT2D eigenvalue weighted by molar-refractivity contribution is 9.10. The Morgan fingerprint density at radius 1 is 1.22 bits per heavy atom. The number of amidine groups is 1. The van der Waals surface area contributed by atoms with Gasteiger partial charge in [0.2, 0.25) is 0 Å². The van der Waals surface area contributed by atoms with Crippen LogP contribution in [0.4, 0.5) is 11.4 Å². The van der Waals surface area contributed by atoms with E-state index in [0.717, 1.165) is 37.7 Å². The third-order valence-corrected chi connectivity index (χ3v) is 7.07. The average molecular weight is 576 g/mol. The van der Waals surface area contributed by atoms with Gasteiger partial charge in [0, 0.05) is 25.8 Å². The number of aliphatic imine (C=N–C) groups is 1. The van der Waals surface area contributed by atoms with Crippen LogP contribution in [0.3, 0.4) is 0 Å². The second kappa shape index (κ2) is 11.8. The van der Waals surface area contributed by atoms with Crippen LogP contribution in [0.25, 0.3) is 6.08 Å². The zero-order valence-corrected chi connectivity index (χ0v) is 22.3. The fraction of sp³-hybridized carbons (Fsp3) is 0.320. The molecule has 190 valence electrons. The highest BCUT2D eigenvalue weighted by atomic mass is 79.9. The van der Waals surface area contributed by atoms with Gasteiger partial charge in [0.05, 0.1) is 34.9 Å². The van der Waals surface area contributed by atoms with Gasteiger partial charge in [0.15, 0.2) is 23.3 Å². The van der Waals surface area contributed by atoms with E-state index in [1.165, 1.54) is 16.7 Å². The van der Waals surface area contributed by atoms with Crippen molar-refractivity contribution in [3.05, 3.63) is 51.3 Å². The van der Waals surface area contributed by atoms with Crippen LogP contribution in [-0.2, 0) is 14.3 Å². The van der Waals surface area contributed by atoms with Crippen LogP contribution >= 0.6 is 27.7 Å². The van der Waals surface area contributed by atoms with E-state index in [-0.39, 0.29) is 5.91 Å². The lowest BCUT2D eigenvalue weighted by molar-refractivity contribution is -0.139. The molecular formula is C25H26BrN3O6S. The number of likely N-dealkylation sites (N-methyl/N-ethyl adjacent to an activating group) is 1. The van der Waals surface area contributed by atoms with Crippen molar-refractivity contribution >= 4 is 62.2 Å². The normalized spacial score (nSPS) is 18.2. The maximum atomic E-state index is 12.9. The van der Waals surface area contributed by atoms with Gasteiger partial charge in [-0.15, -0.1) is 0 Å². The first-order chi connectivity index (χ1) is 17.4. The molecule has 9 nitrogen and oxygen atoms in total. The summed E-state index contributed by atoms with van der Waals surface area (Å²) in [6, 6.07) is 11.4. The number of carboxylic acid groups (broad SMARTS) is 1. The van der Waals surface area contributed by atoms with Crippen LogP contribution in [0.15, 0.2) is 50.8 Å². The smallest absolute Gasteiger partial charge is 0.341 e. The number of nitrogens with zero attached hydrogens (tertiary/aromatic N) is 3. The largest absolute Gasteiger partial charge is 0.490 e. The van der Waals surface area contributed by atoms with E-state index in [9.17, 15) is 9.59 Å². The van der Waals surface area contributed by atoms with Crippen molar-refractivity contribution in [2.75, 3.05) is 51.5 Å². The molecule has 2 fully saturated rings. The van der Waals surface area contributed by atoms with Crippen LogP contribution in [-0.4, -0.2) is 73.6 Å². The Balaban J connectivity index is 1.54. The number of halogens is 1. The Bertz CT molecular complexity index is 1200. The van der Waals surface area contributed by atoms with Gasteiger partial charge in [0.1, 0.15) is 0 Å². The summed E-state index contributed by atoms with van der Waals surface area (Å²) in [5.74, 6) is -0.567. The van der Waals surface area contributed by atoms with Crippen LogP contribution in [0.2, 0.25) is 0 Å². The first kappa shape index (κ1) is 26.1. The van der Waals surface area contributed by atoms with E-state index >= 15 is 0 Å². The van der Waals surface area contributed by atoms with Crippen molar-refractivity contribution in [1.82, 2.24) is 4.90 Å². The highest BCUT2D eigenvalue weighted by Crippen LogP contribution is 2.39. The summed E-state index contributed by atoms with van der Waals surface area (Å²) >= 11 is 4.71. The fourth-order valence-corrected chi connectivity index (χ4v) is 5.24. The SMILES string of the molecule is CCOc1cc(/C=C2\SC(=Nc3ccc(N4CCOCC4)cc3)N(C)C2=O)cc(Br)c1OCC(=O)O. The summed E-state index contributed by atoms with van der Waals surface area (Å²) in [5.41, 5.74) is 2.59. The Hall–Kier alpha value is -3.02. The molecule has 11 heteroatoms. The molecule has 0 aromatic heterocycles. The summed E-state index contributed by atoms with van der Waals surface area (Å²) in [4.78, 5) is 32.8. The molecule has 0 radical (unpaired) electrons. The maximum Gasteiger partial charge on any atom is 0.341 e. The molecule has 1 amide bonds. The molecule has 4 rings (SSSR count). The second-order valence-corrected chi connectivity index (χ2v) is 9.79. The molecule has 0 spiro atoms. The van der Waals surface area contributed by atoms with Gasteiger partial charge in [-0.2, -0.15) is 0 Å². The molecule has 2 aliphatic rings. The zero-order chi connectivity index (χ0) is 25.7. The molecule has 36 heavy (non-hydrogen) atoms. The fourth-order valence-electron chi connectivity index (χ4n) is 3.68. The molecular weight excluding hydrogens is 550 g/mol. The lowest BCUT2D eigenvalue weighted by Gasteiger charge is -2.28. The minimum atomic E-state index is -1.09. The molecule has 0 atom stereocenters. The lowest BCUT2D eigenvalue weighted by atomic mass is 10.2. The van der Waals surface area contributed by atoms with Crippen LogP contribution in [0.1, 0.15) is 12.5 Å². The van der Waals surface area contributed by atoms with Crippen molar-refractivity contribution in [1.29, 1.82) is 0 Å². The molecule has 0 saturated carbocycles. The van der Waals surface area contributed by atoms with Crippen LogP contribution in [0.5, 0.6) is 11.5 Å². The first-order valence-electron chi connectivity index (χ1n) is 11.4. The van der Waals surface area contributed by atoms with E-state index in [1.54, 1.807) is 25.3 Å². The summed E-state index contributed by atoms with van der Waals surface area (Å²) in [6.07, 6.45) is 1.75. The molecule has 2 aliphatic heterocycles. The summed E-state index contributed by atoms with van der Waals surface area (Å²) < 4.78 is 17.0. The topological polar surface area (TPSA) is 101 Å². The number of rotatable bonds is 8. The van der Waals surface area contributed by atoms with Crippen molar-refractivity contribution in [2.24, 2.45) is 4.99 Å². The Labute approximate surface area is 221 Å². The molecule has 2 aromatic rings. The molecule has 0 bridgehead atoms. The van der Waals surface area contributed by atoms with Crippen LogP contribution in [0, 0.1) is 0 Å². The number of ether oxygens (including phenoxy) is 3.